The summed E-state index contributed by atoms with van der Waals surface area (Å²) in [5, 5.41) is 26.2. The van der Waals surface area contributed by atoms with Crippen LogP contribution in [0.3, 0.4) is 0 Å². The molecule has 146 valence electrons. The average Bonchev–Trinajstić information content (AvgIpc) is 2.67. The van der Waals surface area contributed by atoms with Crippen LogP contribution < -0.4 is 10.7 Å². The summed E-state index contributed by atoms with van der Waals surface area (Å²) < 4.78 is 0. The van der Waals surface area contributed by atoms with Crippen LogP contribution in [0.5, 0.6) is 5.75 Å². The second kappa shape index (κ2) is 9.26. The first-order valence-electron chi connectivity index (χ1n) is 8.45. The minimum absolute atomic E-state index is 0.193. The van der Waals surface area contributed by atoms with Crippen LogP contribution in [0.1, 0.15) is 36.5 Å². The van der Waals surface area contributed by atoms with Crippen molar-refractivity contribution in [3.8, 4) is 5.75 Å². The highest BCUT2D eigenvalue weighted by atomic mass is 16.6. The fourth-order valence-electron chi connectivity index (χ4n) is 2.27. The van der Waals surface area contributed by atoms with E-state index >= 15 is 0 Å². The third-order valence-corrected chi connectivity index (χ3v) is 3.88. The molecule has 9 heteroatoms. The van der Waals surface area contributed by atoms with Crippen molar-refractivity contribution in [2.45, 2.75) is 26.3 Å². The van der Waals surface area contributed by atoms with Gasteiger partial charge in [-0.25, -0.2) is 5.43 Å². The average molecular weight is 384 g/mol. The monoisotopic (exact) mass is 384 g/mol. The van der Waals surface area contributed by atoms with E-state index < -0.39 is 28.2 Å². The van der Waals surface area contributed by atoms with E-state index in [4.69, 9.17) is 0 Å². The Bertz CT molecular complexity index is 907. The first kappa shape index (κ1) is 20.6. The van der Waals surface area contributed by atoms with Crippen molar-refractivity contribution < 1.29 is 19.6 Å². The lowest BCUT2D eigenvalue weighted by atomic mass is 10.0. The first-order chi connectivity index (χ1) is 13.3. The molecule has 0 aromatic heterocycles. The summed E-state index contributed by atoms with van der Waals surface area (Å²) in [6, 6.07) is 11.3. The van der Waals surface area contributed by atoms with E-state index in [9.17, 15) is 24.8 Å². The van der Waals surface area contributed by atoms with Crippen molar-refractivity contribution >= 4 is 23.7 Å². The van der Waals surface area contributed by atoms with Crippen molar-refractivity contribution in [2.75, 3.05) is 0 Å². The van der Waals surface area contributed by atoms with Gasteiger partial charge in [-0.2, -0.15) is 5.10 Å². The molecular weight excluding hydrogens is 364 g/mol. The molecule has 2 amide bonds. The molecule has 9 nitrogen and oxygen atoms in total. The van der Waals surface area contributed by atoms with Gasteiger partial charge < -0.3 is 10.4 Å². The molecule has 28 heavy (non-hydrogen) atoms. The van der Waals surface area contributed by atoms with Crippen LogP contribution in [0.25, 0.3) is 0 Å². The molecule has 3 N–H and O–H groups in total. The third-order valence-electron chi connectivity index (χ3n) is 3.88. The Hall–Kier alpha value is -3.75. The molecule has 0 atom stereocenters. The highest BCUT2D eigenvalue weighted by Gasteiger charge is 2.14. The van der Waals surface area contributed by atoms with Crippen molar-refractivity contribution in [3.05, 3.63) is 69.3 Å². The molecule has 0 saturated carbocycles. The standard InChI is InChI=1S/C19H20N4O5/c1-12(2)15-6-3-13(4-7-15)10-20-18(25)19(26)22-21-11-14-5-8-17(24)16(9-14)23(27)28/h3-9,11-12,24H,10H2,1-2H3,(H,20,25)(H,22,26)/b21-11+. The van der Waals surface area contributed by atoms with Gasteiger partial charge in [0.05, 0.1) is 11.1 Å². The van der Waals surface area contributed by atoms with Gasteiger partial charge in [0.2, 0.25) is 0 Å². The maximum Gasteiger partial charge on any atom is 0.329 e. The lowest BCUT2D eigenvalue weighted by molar-refractivity contribution is -0.385. The minimum atomic E-state index is -0.969. The number of hydrogen-bond acceptors (Lipinski definition) is 6. The lowest BCUT2D eigenvalue weighted by Crippen LogP contribution is -2.37. The summed E-state index contributed by atoms with van der Waals surface area (Å²) in [5.74, 6) is -1.90. The Balaban J connectivity index is 1.87. The van der Waals surface area contributed by atoms with E-state index in [0.29, 0.717) is 5.92 Å². The molecule has 0 radical (unpaired) electrons. The number of amides is 2. The largest absolute Gasteiger partial charge is 0.502 e. The second-order valence-electron chi connectivity index (χ2n) is 6.28. The summed E-state index contributed by atoms with van der Waals surface area (Å²) >= 11 is 0. The topological polar surface area (TPSA) is 134 Å². The predicted octanol–water partition coefficient (Wildman–Crippen LogP) is 2.19. The smallest absolute Gasteiger partial charge is 0.329 e. The number of carbonyl (C=O) groups is 2. The fraction of sp³-hybridized carbons (Fsp3) is 0.211. The van der Waals surface area contributed by atoms with Gasteiger partial charge in [0.25, 0.3) is 0 Å². The normalized spacial score (nSPS) is 10.8. The lowest BCUT2D eigenvalue weighted by Gasteiger charge is -2.07. The van der Waals surface area contributed by atoms with E-state index in [0.717, 1.165) is 23.9 Å². The molecule has 0 bridgehead atoms. The molecular formula is C19H20N4O5. The van der Waals surface area contributed by atoms with Crippen LogP contribution in [0.2, 0.25) is 0 Å². The highest BCUT2D eigenvalue weighted by Crippen LogP contribution is 2.25. The number of benzene rings is 2. The van der Waals surface area contributed by atoms with Crippen molar-refractivity contribution in [1.82, 2.24) is 10.7 Å². The van der Waals surface area contributed by atoms with Gasteiger partial charge in [-0.15, -0.1) is 0 Å². The number of nitro benzene ring substituents is 1. The van der Waals surface area contributed by atoms with Gasteiger partial charge in [0.15, 0.2) is 5.75 Å². The summed E-state index contributed by atoms with van der Waals surface area (Å²) in [4.78, 5) is 33.6. The van der Waals surface area contributed by atoms with Crippen molar-refractivity contribution in [2.24, 2.45) is 5.10 Å². The van der Waals surface area contributed by atoms with Crippen LogP contribution in [0, 0.1) is 10.1 Å². The zero-order chi connectivity index (χ0) is 20.7. The number of nitrogens with zero attached hydrogens (tertiary/aromatic N) is 2. The van der Waals surface area contributed by atoms with Crippen LogP contribution in [0.15, 0.2) is 47.6 Å². The predicted molar refractivity (Wildman–Crippen MR) is 103 cm³/mol. The maximum atomic E-state index is 11.8. The molecule has 0 aliphatic rings. The van der Waals surface area contributed by atoms with Gasteiger partial charge in [-0.3, -0.25) is 19.7 Å². The van der Waals surface area contributed by atoms with Crippen LogP contribution in [0.4, 0.5) is 5.69 Å². The number of hydrazone groups is 1. The highest BCUT2D eigenvalue weighted by molar-refractivity contribution is 6.35. The number of carbonyl (C=O) groups excluding carboxylic acids is 2. The van der Waals surface area contributed by atoms with Crippen molar-refractivity contribution in [1.29, 1.82) is 0 Å². The second-order valence-corrected chi connectivity index (χ2v) is 6.28. The Labute approximate surface area is 161 Å². The Morgan fingerprint density at radius 2 is 1.86 bits per heavy atom. The van der Waals surface area contributed by atoms with Crippen LogP contribution >= 0.6 is 0 Å². The van der Waals surface area contributed by atoms with E-state index in [1.165, 1.54) is 11.6 Å². The number of phenols is 1. The molecule has 0 spiro atoms. The van der Waals surface area contributed by atoms with E-state index in [-0.39, 0.29) is 12.1 Å². The zero-order valence-corrected chi connectivity index (χ0v) is 15.4. The van der Waals surface area contributed by atoms with E-state index in [1.807, 2.05) is 29.7 Å². The molecule has 2 aromatic rings. The molecule has 0 heterocycles. The van der Waals surface area contributed by atoms with Crippen LogP contribution in [-0.2, 0) is 16.1 Å². The first-order valence-corrected chi connectivity index (χ1v) is 8.45. The molecule has 0 aliphatic heterocycles. The molecule has 0 saturated heterocycles. The zero-order valence-electron chi connectivity index (χ0n) is 15.4. The van der Waals surface area contributed by atoms with Gasteiger partial charge in [-0.1, -0.05) is 38.1 Å². The molecule has 2 rings (SSSR count). The van der Waals surface area contributed by atoms with E-state index in [1.54, 1.807) is 0 Å². The molecule has 0 unspecified atom stereocenters. The summed E-state index contributed by atoms with van der Waals surface area (Å²) in [5.41, 5.74) is 3.85. The fourth-order valence-corrected chi connectivity index (χ4v) is 2.27. The summed E-state index contributed by atoms with van der Waals surface area (Å²) in [6.45, 7) is 4.36. The SMILES string of the molecule is CC(C)c1ccc(CNC(=O)C(=O)N/N=C/c2ccc(O)c([N+](=O)[O-])c2)cc1. The van der Waals surface area contributed by atoms with Gasteiger partial charge in [0, 0.05) is 18.2 Å². The number of nitro groups is 1. The summed E-state index contributed by atoms with van der Waals surface area (Å²) in [7, 11) is 0. The minimum Gasteiger partial charge on any atom is -0.502 e. The Morgan fingerprint density at radius 1 is 1.18 bits per heavy atom. The molecule has 2 aromatic carbocycles. The quantitative estimate of drug-likeness (QED) is 0.304. The Morgan fingerprint density at radius 3 is 2.46 bits per heavy atom. The summed E-state index contributed by atoms with van der Waals surface area (Å²) in [6.07, 6.45) is 1.13. The number of nitrogens with one attached hydrogen (secondary N) is 2. The number of aromatic hydroxyl groups is 1. The number of phenolic OH excluding ortho intramolecular Hbond substituents is 1. The van der Waals surface area contributed by atoms with Gasteiger partial charge in [0.1, 0.15) is 0 Å². The molecule has 0 fully saturated rings. The third kappa shape index (κ3) is 5.63. The van der Waals surface area contributed by atoms with Crippen LogP contribution in [-0.4, -0.2) is 28.1 Å². The van der Waals surface area contributed by atoms with Crippen molar-refractivity contribution in [3.63, 3.8) is 0 Å². The van der Waals surface area contributed by atoms with E-state index in [2.05, 4.69) is 24.3 Å². The van der Waals surface area contributed by atoms with Gasteiger partial charge in [-0.05, 0) is 29.2 Å². The maximum absolute atomic E-state index is 11.8. The number of hydrogen-bond donors (Lipinski definition) is 3. The Kier molecular flexibility index (Phi) is 6.80. The number of rotatable bonds is 6. The van der Waals surface area contributed by atoms with Gasteiger partial charge >= 0.3 is 17.5 Å². The molecule has 0 aliphatic carbocycles.